The van der Waals surface area contributed by atoms with Crippen LogP contribution in [-0.2, 0) is 9.59 Å². The van der Waals surface area contributed by atoms with E-state index < -0.39 is 17.5 Å². The van der Waals surface area contributed by atoms with E-state index in [1.165, 1.54) is 13.0 Å². The summed E-state index contributed by atoms with van der Waals surface area (Å²) in [4.78, 5) is 36.4. The van der Waals surface area contributed by atoms with Gasteiger partial charge in [0.05, 0.1) is 5.69 Å². The molecule has 3 rings (SSSR count). The summed E-state index contributed by atoms with van der Waals surface area (Å²) in [5, 5.41) is 10.4. The largest absolute Gasteiger partial charge is 0.326 e. The van der Waals surface area contributed by atoms with Crippen molar-refractivity contribution in [3.63, 3.8) is 0 Å². The summed E-state index contributed by atoms with van der Waals surface area (Å²) in [6, 6.07) is 14.3. The minimum absolute atomic E-state index is 0.181. The van der Waals surface area contributed by atoms with E-state index in [1.807, 2.05) is 19.1 Å². The molecular formula is C22H21ClN4O3. The van der Waals surface area contributed by atoms with Crippen LogP contribution in [0.2, 0.25) is 5.02 Å². The number of rotatable bonds is 5. The van der Waals surface area contributed by atoms with Crippen LogP contribution in [-0.4, -0.2) is 21.6 Å². The number of anilines is 2. The molecular weight excluding hydrogens is 404 g/mol. The third-order valence-electron chi connectivity index (χ3n) is 4.51. The monoisotopic (exact) mass is 424 g/mol. The van der Waals surface area contributed by atoms with Gasteiger partial charge in [-0.15, -0.1) is 0 Å². The third kappa shape index (κ3) is 4.93. The maximum absolute atomic E-state index is 12.6. The number of amides is 2. The SMILES string of the molecule is CC(=O)Nc1cc(-c2ccc(=O)n([C@@H](C)C(=O)Nc3cccc(Cl)c3)n2)ccc1C. The summed E-state index contributed by atoms with van der Waals surface area (Å²) < 4.78 is 1.13. The minimum atomic E-state index is -0.850. The summed E-state index contributed by atoms with van der Waals surface area (Å²) >= 11 is 5.95. The molecule has 2 N–H and O–H groups in total. The molecule has 0 aliphatic carbocycles. The van der Waals surface area contributed by atoms with Crippen molar-refractivity contribution in [2.75, 3.05) is 10.6 Å². The van der Waals surface area contributed by atoms with Crippen LogP contribution in [0.3, 0.4) is 0 Å². The second-order valence-electron chi connectivity index (χ2n) is 6.89. The minimum Gasteiger partial charge on any atom is -0.326 e. The Balaban J connectivity index is 1.90. The van der Waals surface area contributed by atoms with Gasteiger partial charge < -0.3 is 10.6 Å². The molecule has 0 unspecified atom stereocenters. The molecule has 0 spiro atoms. The maximum Gasteiger partial charge on any atom is 0.267 e. The van der Waals surface area contributed by atoms with Crippen molar-refractivity contribution in [2.24, 2.45) is 0 Å². The number of nitrogens with one attached hydrogen (secondary N) is 2. The lowest BCUT2D eigenvalue weighted by molar-refractivity contribution is -0.119. The van der Waals surface area contributed by atoms with Gasteiger partial charge in [-0.2, -0.15) is 5.10 Å². The Morgan fingerprint density at radius 3 is 2.53 bits per heavy atom. The molecule has 1 heterocycles. The number of nitrogens with zero attached hydrogens (tertiary/aromatic N) is 2. The van der Waals surface area contributed by atoms with E-state index >= 15 is 0 Å². The molecule has 0 bridgehead atoms. The Bertz CT molecular complexity index is 1170. The smallest absolute Gasteiger partial charge is 0.267 e. The highest BCUT2D eigenvalue weighted by atomic mass is 35.5. The van der Waals surface area contributed by atoms with Crippen molar-refractivity contribution in [1.29, 1.82) is 0 Å². The maximum atomic E-state index is 12.6. The van der Waals surface area contributed by atoms with E-state index in [1.54, 1.807) is 43.3 Å². The number of hydrogen-bond donors (Lipinski definition) is 2. The Labute approximate surface area is 178 Å². The van der Waals surface area contributed by atoms with Gasteiger partial charge in [0.2, 0.25) is 11.8 Å². The van der Waals surface area contributed by atoms with Crippen LogP contribution >= 0.6 is 11.6 Å². The highest BCUT2D eigenvalue weighted by Gasteiger charge is 2.18. The van der Waals surface area contributed by atoms with Gasteiger partial charge in [0.1, 0.15) is 6.04 Å². The molecule has 0 saturated heterocycles. The zero-order valence-electron chi connectivity index (χ0n) is 16.8. The number of benzene rings is 2. The number of carbonyl (C=O) groups excluding carboxylic acids is 2. The second-order valence-corrected chi connectivity index (χ2v) is 7.32. The molecule has 2 aromatic carbocycles. The molecule has 8 heteroatoms. The van der Waals surface area contributed by atoms with Crippen LogP contribution in [0, 0.1) is 6.92 Å². The van der Waals surface area contributed by atoms with E-state index in [9.17, 15) is 14.4 Å². The Morgan fingerprint density at radius 2 is 1.83 bits per heavy atom. The molecule has 154 valence electrons. The molecule has 0 radical (unpaired) electrons. The van der Waals surface area contributed by atoms with Crippen LogP contribution < -0.4 is 16.2 Å². The molecule has 30 heavy (non-hydrogen) atoms. The summed E-state index contributed by atoms with van der Waals surface area (Å²) in [6.07, 6.45) is 0. The van der Waals surface area contributed by atoms with E-state index in [-0.39, 0.29) is 5.91 Å². The first-order valence-corrected chi connectivity index (χ1v) is 9.67. The second kappa shape index (κ2) is 8.92. The van der Waals surface area contributed by atoms with Gasteiger partial charge in [-0.25, -0.2) is 4.68 Å². The van der Waals surface area contributed by atoms with Crippen molar-refractivity contribution in [3.8, 4) is 11.3 Å². The van der Waals surface area contributed by atoms with Crippen molar-refractivity contribution >= 4 is 34.8 Å². The Hall–Kier alpha value is -3.45. The predicted octanol–water partition coefficient (Wildman–Crippen LogP) is 4.03. The molecule has 3 aromatic rings. The van der Waals surface area contributed by atoms with Gasteiger partial charge >= 0.3 is 0 Å². The van der Waals surface area contributed by atoms with Crippen LogP contribution in [0.1, 0.15) is 25.5 Å². The van der Waals surface area contributed by atoms with Crippen molar-refractivity contribution in [1.82, 2.24) is 9.78 Å². The van der Waals surface area contributed by atoms with Crippen LogP contribution in [0.15, 0.2) is 59.4 Å². The molecule has 2 amide bonds. The van der Waals surface area contributed by atoms with Gasteiger partial charge in [-0.3, -0.25) is 14.4 Å². The van der Waals surface area contributed by atoms with Crippen molar-refractivity contribution < 1.29 is 9.59 Å². The highest BCUT2D eigenvalue weighted by molar-refractivity contribution is 6.30. The fourth-order valence-electron chi connectivity index (χ4n) is 2.89. The Kier molecular flexibility index (Phi) is 6.32. The van der Waals surface area contributed by atoms with E-state index in [0.717, 1.165) is 10.2 Å². The molecule has 7 nitrogen and oxygen atoms in total. The lowest BCUT2D eigenvalue weighted by Gasteiger charge is -2.15. The average molecular weight is 425 g/mol. The van der Waals surface area contributed by atoms with Crippen LogP contribution in [0.4, 0.5) is 11.4 Å². The quantitative estimate of drug-likeness (QED) is 0.646. The van der Waals surface area contributed by atoms with Gasteiger partial charge in [-0.05, 0) is 49.7 Å². The number of aryl methyl sites for hydroxylation is 1. The first-order valence-electron chi connectivity index (χ1n) is 9.29. The summed E-state index contributed by atoms with van der Waals surface area (Å²) in [6.45, 7) is 4.91. The number of carbonyl (C=O) groups is 2. The first-order chi connectivity index (χ1) is 14.2. The molecule has 1 atom stereocenters. The predicted molar refractivity (Wildman–Crippen MR) is 118 cm³/mol. The summed E-state index contributed by atoms with van der Waals surface area (Å²) in [5.41, 5.74) is 2.90. The fraction of sp³-hybridized carbons (Fsp3) is 0.182. The topological polar surface area (TPSA) is 93.1 Å². The molecule has 0 saturated carbocycles. The summed E-state index contributed by atoms with van der Waals surface area (Å²) in [7, 11) is 0. The number of halogens is 1. The molecule has 0 fully saturated rings. The normalized spacial score (nSPS) is 11.6. The van der Waals surface area contributed by atoms with Crippen molar-refractivity contribution in [3.05, 3.63) is 75.5 Å². The standard InChI is InChI=1S/C22H21ClN4O3/c1-13-7-8-16(11-20(13)24-15(3)28)19-9-10-21(29)27(26-19)14(2)22(30)25-18-6-4-5-17(23)12-18/h4-12,14H,1-3H3,(H,24,28)(H,25,30)/t14-/m0/s1. The lowest BCUT2D eigenvalue weighted by Crippen LogP contribution is -2.33. The van der Waals surface area contributed by atoms with Crippen LogP contribution in [0.5, 0.6) is 0 Å². The first kappa shape index (κ1) is 21.3. The number of aromatic nitrogens is 2. The molecule has 0 aliphatic heterocycles. The molecule has 1 aromatic heterocycles. The van der Waals surface area contributed by atoms with Crippen LogP contribution in [0.25, 0.3) is 11.3 Å². The van der Waals surface area contributed by atoms with E-state index in [4.69, 9.17) is 11.6 Å². The number of hydrogen-bond acceptors (Lipinski definition) is 4. The van der Waals surface area contributed by atoms with Gasteiger partial charge in [0, 0.05) is 35.0 Å². The van der Waals surface area contributed by atoms with E-state index in [2.05, 4.69) is 15.7 Å². The highest BCUT2D eigenvalue weighted by Crippen LogP contribution is 2.24. The van der Waals surface area contributed by atoms with Gasteiger partial charge in [0.25, 0.3) is 5.56 Å². The fourth-order valence-corrected chi connectivity index (χ4v) is 3.08. The van der Waals surface area contributed by atoms with Gasteiger partial charge in [0.15, 0.2) is 0 Å². The Morgan fingerprint density at radius 1 is 1.07 bits per heavy atom. The van der Waals surface area contributed by atoms with Gasteiger partial charge in [-0.1, -0.05) is 29.8 Å². The lowest BCUT2D eigenvalue weighted by atomic mass is 10.1. The van der Waals surface area contributed by atoms with E-state index in [0.29, 0.717) is 27.7 Å². The summed E-state index contributed by atoms with van der Waals surface area (Å²) in [5.74, 6) is -0.577. The zero-order valence-corrected chi connectivity index (χ0v) is 17.5. The average Bonchev–Trinajstić information content (AvgIpc) is 2.69. The van der Waals surface area contributed by atoms with Crippen molar-refractivity contribution in [2.45, 2.75) is 26.8 Å². The molecule has 0 aliphatic rings. The third-order valence-corrected chi connectivity index (χ3v) is 4.74. The zero-order chi connectivity index (χ0) is 21.8.